The van der Waals surface area contributed by atoms with Crippen LogP contribution in [-0.4, -0.2) is 66.6 Å². The van der Waals surface area contributed by atoms with E-state index in [0.29, 0.717) is 19.1 Å². The first-order chi connectivity index (χ1) is 18.9. The van der Waals surface area contributed by atoms with Gasteiger partial charge in [0.25, 0.3) is 0 Å². The normalized spacial score (nSPS) is 21.7. The summed E-state index contributed by atoms with van der Waals surface area (Å²) < 4.78 is 11.6. The highest BCUT2D eigenvalue weighted by Crippen LogP contribution is 2.46. The number of ether oxygens (including phenoxy) is 2. The second-order valence-corrected chi connectivity index (χ2v) is 12.0. The van der Waals surface area contributed by atoms with Gasteiger partial charge < -0.3 is 19.2 Å². The smallest absolute Gasteiger partial charge is 0.311 e. The van der Waals surface area contributed by atoms with Crippen molar-refractivity contribution in [2.45, 2.75) is 70.9 Å². The number of benzene rings is 2. The maximum atomic E-state index is 12.4. The maximum Gasteiger partial charge on any atom is 0.311 e. The van der Waals surface area contributed by atoms with Gasteiger partial charge in [0.15, 0.2) is 5.60 Å². The van der Waals surface area contributed by atoms with E-state index in [-0.39, 0.29) is 11.6 Å². The minimum Gasteiger partial charge on any atom is -0.493 e. The summed E-state index contributed by atoms with van der Waals surface area (Å²) in [6.07, 6.45) is 4.95. The van der Waals surface area contributed by atoms with Gasteiger partial charge in [0.05, 0.1) is 25.0 Å². The molecule has 3 fully saturated rings. The highest BCUT2D eigenvalue weighted by atomic mass is 16.7. The molecule has 0 bridgehead atoms. The zero-order chi connectivity index (χ0) is 27.0. The molecule has 1 saturated carbocycles. The summed E-state index contributed by atoms with van der Waals surface area (Å²) in [7, 11) is 0. The number of carbonyl (C=O) groups is 1. The molecule has 2 aromatic rings. The number of rotatable bonds is 8. The summed E-state index contributed by atoms with van der Waals surface area (Å²) in [4.78, 5) is 23.2. The topological polar surface area (TPSA) is 63.6 Å². The third kappa shape index (κ3) is 5.25. The van der Waals surface area contributed by atoms with E-state index in [0.717, 1.165) is 63.6 Å². The Balaban J connectivity index is 1.11. The third-order valence-corrected chi connectivity index (χ3v) is 8.85. The molecule has 1 spiro atoms. The molecule has 1 aliphatic carbocycles. The van der Waals surface area contributed by atoms with Gasteiger partial charge in [0, 0.05) is 43.9 Å². The second kappa shape index (κ2) is 10.5. The van der Waals surface area contributed by atoms with Crippen LogP contribution in [0.5, 0.6) is 5.75 Å². The lowest BCUT2D eigenvalue weighted by atomic mass is 9.80. The van der Waals surface area contributed by atoms with Crippen LogP contribution < -0.4 is 4.74 Å². The fraction of sp³-hybridized carbons (Fsp3) is 0.562. The van der Waals surface area contributed by atoms with Crippen LogP contribution in [0.4, 0.5) is 0 Å². The quantitative estimate of drug-likeness (QED) is 0.414. The number of carbonyl (C=O) groups excluding carboxylic acids is 1. The van der Waals surface area contributed by atoms with E-state index in [1.165, 1.54) is 35.1 Å². The monoisotopic (exact) mass is 531 g/mol. The molecule has 2 aromatic carbocycles. The molecule has 0 N–H and O–H groups in total. The Morgan fingerprint density at radius 1 is 1.08 bits per heavy atom. The van der Waals surface area contributed by atoms with E-state index in [9.17, 15) is 4.79 Å². The van der Waals surface area contributed by atoms with Gasteiger partial charge in [0.2, 0.25) is 0 Å². The van der Waals surface area contributed by atoms with Gasteiger partial charge in [-0.25, -0.2) is 0 Å². The van der Waals surface area contributed by atoms with Crippen molar-refractivity contribution in [2.75, 3.05) is 39.4 Å². The van der Waals surface area contributed by atoms with Crippen LogP contribution in [0.25, 0.3) is 11.1 Å². The lowest BCUT2D eigenvalue weighted by Crippen LogP contribution is -2.61. The van der Waals surface area contributed by atoms with Gasteiger partial charge in [-0.05, 0) is 69.6 Å². The van der Waals surface area contributed by atoms with Crippen LogP contribution in [0, 0.1) is 5.41 Å². The summed E-state index contributed by atoms with van der Waals surface area (Å²) in [6.45, 7) is 11.2. The lowest BCUT2D eigenvalue weighted by molar-refractivity contribution is -0.156. The van der Waals surface area contributed by atoms with Crippen molar-refractivity contribution in [1.29, 1.82) is 0 Å². The predicted octanol–water partition coefficient (Wildman–Crippen LogP) is 5.58. The van der Waals surface area contributed by atoms with Crippen molar-refractivity contribution in [2.24, 2.45) is 10.6 Å². The number of hydrogen-bond donors (Lipinski definition) is 0. The minimum absolute atomic E-state index is 0.0760. The Labute approximate surface area is 232 Å². The largest absolute Gasteiger partial charge is 0.493 e. The van der Waals surface area contributed by atoms with Crippen molar-refractivity contribution in [3.63, 3.8) is 0 Å². The first-order valence-electron chi connectivity index (χ1n) is 14.7. The lowest BCUT2D eigenvalue weighted by Gasteiger charge is -2.46. The highest BCUT2D eigenvalue weighted by Gasteiger charge is 2.51. The zero-order valence-corrected chi connectivity index (χ0v) is 23.6. The van der Waals surface area contributed by atoms with Crippen molar-refractivity contribution in [3.05, 3.63) is 53.6 Å². The van der Waals surface area contributed by atoms with Crippen LogP contribution in [0.2, 0.25) is 0 Å². The van der Waals surface area contributed by atoms with Gasteiger partial charge in [-0.2, -0.15) is 0 Å². The number of likely N-dealkylation sites (tertiary alicyclic amines) is 2. The van der Waals surface area contributed by atoms with E-state index >= 15 is 0 Å². The molecule has 7 heteroatoms. The van der Waals surface area contributed by atoms with E-state index in [1.807, 2.05) is 13.8 Å². The molecule has 39 heavy (non-hydrogen) atoms. The Bertz CT molecular complexity index is 1230. The molecule has 2 saturated heterocycles. The van der Waals surface area contributed by atoms with Crippen LogP contribution in [0.1, 0.15) is 69.9 Å². The Morgan fingerprint density at radius 3 is 2.49 bits per heavy atom. The first kappa shape index (κ1) is 26.2. The molecule has 0 aromatic heterocycles. The number of esters is 1. The second-order valence-electron chi connectivity index (χ2n) is 12.0. The number of oxime groups is 1. The minimum atomic E-state index is -0.399. The molecule has 0 unspecified atom stereocenters. The standard InChI is InChI=1S/C32H41N3O4/c1-4-37-29-26(17-25(23-11-12-23)18-27(29)24-9-7-6-8-10-24)20-34-21-32(22-34)19-28(33-39-32)35-15-13-31(3,14-16-35)30(36)38-5-2/h6-10,17-18,23H,4-5,11-16,19-22H2,1-3H3. The predicted molar refractivity (Wildman–Crippen MR) is 152 cm³/mol. The molecule has 0 amide bonds. The van der Waals surface area contributed by atoms with Crippen LogP contribution >= 0.6 is 0 Å². The van der Waals surface area contributed by atoms with E-state index < -0.39 is 5.41 Å². The van der Waals surface area contributed by atoms with Gasteiger partial charge in [-0.1, -0.05) is 41.6 Å². The summed E-state index contributed by atoms with van der Waals surface area (Å²) in [6, 6.07) is 15.4. The number of nitrogens with zero attached hydrogens (tertiary/aromatic N) is 3. The molecular formula is C32H41N3O4. The zero-order valence-electron chi connectivity index (χ0n) is 23.6. The van der Waals surface area contributed by atoms with Crippen LogP contribution in [-0.2, 0) is 20.9 Å². The highest BCUT2D eigenvalue weighted by molar-refractivity contribution is 5.85. The van der Waals surface area contributed by atoms with E-state index in [2.05, 4.69) is 64.3 Å². The molecule has 208 valence electrons. The summed E-state index contributed by atoms with van der Waals surface area (Å²) in [5.41, 5.74) is 4.48. The number of hydrogen-bond acceptors (Lipinski definition) is 7. The average molecular weight is 532 g/mol. The SMILES string of the molecule is CCOC(=O)C1(C)CCN(C2=NOC3(C2)CN(Cc2cc(C4CC4)cc(-c4ccccc4)c2OCC)C3)CC1. The number of piperidine rings is 1. The van der Waals surface area contributed by atoms with Gasteiger partial charge in [0.1, 0.15) is 11.6 Å². The molecule has 7 nitrogen and oxygen atoms in total. The Morgan fingerprint density at radius 2 is 1.82 bits per heavy atom. The Kier molecular flexibility index (Phi) is 7.04. The number of amidine groups is 1. The summed E-state index contributed by atoms with van der Waals surface area (Å²) in [5.74, 6) is 2.64. The molecule has 0 radical (unpaired) electrons. The third-order valence-electron chi connectivity index (χ3n) is 8.85. The first-order valence-corrected chi connectivity index (χ1v) is 14.7. The average Bonchev–Trinajstić information content (AvgIpc) is 3.69. The Hall–Kier alpha value is -3.06. The van der Waals surface area contributed by atoms with Crippen LogP contribution in [0.3, 0.4) is 0 Å². The van der Waals surface area contributed by atoms with Gasteiger partial charge >= 0.3 is 5.97 Å². The summed E-state index contributed by atoms with van der Waals surface area (Å²) >= 11 is 0. The fourth-order valence-corrected chi connectivity index (χ4v) is 6.36. The molecule has 3 aliphatic heterocycles. The molecule has 3 heterocycles. The van der Waals surface area contributed by atoms with Gasteiger partial charge in [-0.15, -0.1) is 0 Å². The van der Waals surface area contributed by atoms with Crippen molar-refractivity contribution in [3.8, 4) is 16.9 Å². The van der Waals surface area contributed by atoms with Crippen molar-refractivity contribution in [1.82, 2.24) is 9.80 Å². The molecule has 0 atom stereocenters. The molecule has 4 aliphatic rings. The van der Waals surface area contributed by atoms with Crippen LogP contribution in [0.15, 0.2) is 47.6 Å². The fourth-order valence-electron chi connectivity index (χ4n) is 6.36. The van der Waals surface area contributed by atoms with Gasteiger partial charge in [-0.3, -0.25) is 9.69 Å². The molecular weight excluding hydrogens is 490 g/mol. The van der Waals surface area contributed by atoms with Crippen molar-refractivity contribution >= 4 is 11.8 Å². The summed E-state index contributed by atoms with van der Waals surface area (Å²) in [5, 5.41) is 4.53. The maximum absolute atomic E-state index is 12.4. The molecule has 6 rings (SSSR count). The van der Waals surface area contributed by atoms with E-state index in [1.54, 1.807) is 0 Å². The van der Waals surface area contributed by atoms with E-state index in [4.69, 9.17) is 14.3 Å². The van der Waals surface area contributed by atoms with Crippen molar-refractivity contribution < 1.29 is 19.1 Å².